The molecular formula is C12H19ClN2O2. The fourth-order valence-corrected chi connectivity index (χ4v) is 1.35. The molecule has 0 bridgehead atoms. The van der Waals surface area contributed by atoms with Gasteiger partial charge in [-0.25, -0.2) is 0 Å². The molecule has 0 aliphatic rings. The number of ether oxygens (including phenoxy) is 1. The predicted molar refractivity (Wildman–Crippen MR) is 71.5 cm³/mol. The van der Waals surface area contributed by atoms with Crippen LogP contribution in [0.4, 0.5) is 5.69 Å². The Balaban J connectivity index is 0.00000256. The third kappa shape index (κ3) is 5.56. The van der Waals surface area contributed by atoms with Crippen molar-refractivity contribution in [3.63, 3.8) is 0 Å². The van der Waals surface area contributed by atoms with Gasteiger partial charge in [0.2, 0.25) is 0 Å². The molecule has 0 aromatic heterocycles. The van der Waals surface area contributed by atoms with Gasteiger partial charge in [0, 0.05) is 24.9 Å². The molecule has 5 heteroatoms. The number of rotatable bonds is 5. The zero-order chi connectivity index (χ0) is 12.0. The number of carbonyl (C=O) groups is 1. The molecule has 0 heterocycles. The van der Waals surface area contributed by atoms with Crippen molar-refractivity contribution < 1.29 is 9.53 Å². The van der Waals surface area contributed by atoms with Crippen molar-refractivity contribution in [2.75, 3.05) is 26.0 Å². The average Bonchev–Trinajstić information content (AvgIpc) is 2.27. The minimum Gasteiger partial charge on any atom is -0.399 e. The highest BCUT2D eigenvalue weighted by Crippen LogP contribution is 2.05. The van der Waals surface area contributed by atoms with Crippen molar-refractivity contribution in [2.45, 2.75) is 6.92 Å². The van der Waals surface area contributed by atoms with Crippen LogP contribution < -0.4 is 11.1 Å². The lowest BCUT2D eigenvalue weighted by Gasteiger charge is -2.11. The molecule has 0 fully saturated rings. The van der Waals surface area contributed by atoms with E-state index in [0.29, 0.717) is 30.3 Å². The van der Waals surface area contributed by atoms with Gasteiger partial charge in [-0.1, -0.05) is 6.92 Å². The Kier molecular flexibility index (Phi) is 7.34. The highest BCUT2D eigenvalue weighted by molar-refractivity contribution is 5.94. The zero-order valence-electron chi connectivity index (χ0n) is 10.1. The minimum absolute atomic E-state index is 0. The second-order valence-electron chi connectivity index (χ2n) is 3.89. The predicted octanol–water partition coefficient (Wildman–Crippen LogP) is 1.70. The van der Waals surface area contributed by atoms with E-state index in [1.165, 1.54) is 0 Å². The molecule has 0 saturated heterocycles. The number of halogens is 1. The maximum Gasteiger partial charge on any atom is 0.251 e. The van der Waals surface area contributed by atoms with Gasteiger partial charge in [0.25, 0.3) is 5.91 Å². The number of amides is 1. The van der Waals surface area contributed by atoms with Crippen molar-refractivity contribution in [2.24, 2.45) is 5.92 Å². The first-order chi connectivity index (χ1) is 7.63. The number of hydrogen-bond donors (Lipinski definition) is 2. The maximum absolute atomic E-state index is 11.7. The highest BCUT2D eigenvalue weighted by atomic mass is 35.5. The van der Waals surface area contributed by atoms with Gasteiger partial charge in [0.1, 0.15) is 0 Å². The Bertz CT molecular complexity index is 341. The van der Waals surface area contributed by atoms with Crippen LogP contribution in [0.5, 0.6) is 0 Å². The Morgan fingerprint density at radius 3 is 2.53 bits per heavy atom. The zero-order valence-corrected chi connectivity index (χ0v) is 10.9. The van der Waals surface area contributed by atoms with Gasteiger partial charge >= 0.3 is 0 Å². The summed E-state index contributed by atoms with van der Waals surface area (Å²) in [6, 6.07) is 6.86. The van der Waals surface area contributed by atoms with Crippen LogP contribution in [-0.4, -0.2) is 26.2 Å². The number of nitrogen functional groups attached to an aromatic ring is 1. The lowest BCUT2D eigenvalue weighted by molar-refractivity contribution is 0.0934. The molecule has 3 N–H and O–H groups in total. The fourth-order valence-electron chi connectivity index (χ4n) is 1.35. The molecule has 0 saturated carbocycles. The van der Waals surface area contributed by atoms with E-state index < -0.39 is 0 Å². The first kappa shape index (κ1) is 15.7. The van der Waals surface area contributed by atoms with Crippen molar-refractivity contribution in [3.8, 4) is 0 Å². The van der Waals surface area contributed by atoms with Crippen LogP contribution in [0.2, 0.25) is 0 Å². The van der Waals surface area contributed by atoms with Crippen LogP contribution in [0.15, 0.2) is 24.3 Å². The van der Waals surface area contributed by atoms with Crippen molar-refractivity contribution in [3.05, 3.63) is 29.8 Å². The Morgan fingerprint density at radius 1 is 1.41 bits per heavy atom. The van der Waals surface area contributed by atoms with Gasteiger partial charge in [0.15, 0.2) is 0 Å². The summed E-state index contributed by atoms with van der Waals surface area (Å²) < 4.78 is 4.99. The van der Waals surface area contributed by atoms with Gasteiger partial charge in [-0.3, -0.25) is 4.79 Å². The fraction of sp³-hybridized carbons (Fsp3) is 0.417. The van der Waals surface area contributed by atoms with Gasteiger partial charge in [-0.2, -0.15) is 0 Å². The Hall–Kier alpha value is -1.26. The molecule has 96 valence electrons. The number of benzene rings is 1. The Morgan fingerprint density at radius 2 is 2.00 bits per heavy atom. The summed E-state index contributed by atoms with van der Waals surface area (Å²) in [4.78, 5) is 11.7. The third-order valence-electron chi connectivity index (χ3n) is 2.24. The van der Waals surface area contributed by atoms with E-state index in [-0.39, 0.29) is 18.3 Å². The van der Waals surface area contributed by atoms with E-state index in [2.05, 4.69) is 5.32 Å². The molecule has 17 heavy (non-hydrogen) atoms. The molecule has 1 amide bonds. The second kappa shape index (κ2) is 7.92. The van der Waals surface area contributed by atoms with E-state index in [4.69, 9.17) is 10.5 Å². The topological polar surface area (TPSA) is 64.3 Å². The second-order valence-corrected chi connectivity index (χ2v) is 3.89. The number of nitrogens with two attached hydrogens (primary N) is 1. The largest absolute Gasteiger partial charge is 0.399 e. The van der Waals surface area contributed by atoms with Crippen molar-refractivity contribution >= 4 is 24.0 Å². The summed E-state index contributed by atoms with van der Waals surface area (Å²) in [6.07, 6.45) is 0. The molecule has 1 aromatic carbocycles. The van der Waals surface area contributed by atoms with E-state index in [1.54, 1.807) is 31.4 Å². The monoisotopic (exact) mass is 258 g/mol. The standard InChI is InChI=1S/C12H18N2O2.ClH/c1-9(8-16-2)7-14-12(15)10-3-5-11(13)6-4-10;/h3-6,9H,7-8,13H2,1-2H3,(H,14,15);1H. The smallest absolute Gasteiger partial charge is 0.251 e. The number of anilines is 1. The van der Waals surface area contributed by atoms with Crippen LogP contribution in [0.1, 0.15) is 17.3 Å². The molecule has 0 aliphatic heterocycles. The lowest BCUT2D eigenvalue weighted by atomic mass is 10.1. The molecular weight excluding hydrogens is 240 g/mol. The van der Waals surface area contributed by atoms with E-state index >= 15 is 0 Å². The van der Waals surface area contributed by atoms with E-state index in [1.807, 2.05) is 6.92 Å². The number of hydrogen-bond acceptors (Lipinski definition) is 3. The summed E-state index contributed by atoms with van der Waals surface area (Å²) in [5.74, 6) is 0.227. The van der Waals surface area contributed by atoms with E-state index in [0.717, 1.165) is 0 Å². The quantitative estimate of drug-likeness (QED) is 0.791. The van der Waals surface area contributed by atoms with Gasteiger partial charge < -0.3 is 15.8 Å². The average molecular weight is 259 g/mol. The molecule has 0 aliphatic carbocycles. The molecule has 1 rings (SSSR count). The lowest BCUT2D eigenvalue weighted by Crippen LogP contribution is -2.29. The molecule has 1 atom stereocenters. The van der Waals surface area contributed by atoms with Crippen LogP contribution in [-0.2, 0) is 4.74 Å². The van der Waals surface area contributed by atoms with E-state index in [9.17, 15) is 4.79 Å². The maximum atomic E-state index is 11.7. The van der Waals surface area contributed by atoms with Crippen LogP contribution in [0.3, 0.4) is 0 Å². The van der Waals surface area contributed by atoms with Crippen LogP contribution in [0.25, 0.3) is 0 Å². The third-order valence-corrected chi connectivity index (χ3v) is 2.24. The van der Waals surface area contributed by atoms with Crippen LogP contribution in [0, 0.1) is 5.92 Å². The molecule has 1 aromatic rings. The molecule has 4 nitrogen and oxygen atoms in total. The normalized spacial score (nSPS) is 11.4. The van der Waals surface area contributed by atoms with Gasteiger partial charge in [-0.05, 0) is 30.2 Å². The van der Waals surface area contributed by atoms with Gasteiger partial charge in [0.05, 0.1) is 6.61 Å². The number of nitrogens with one attached hydrogen (secondary N) is 1. The SMILES string of the molecule is COCC(C)CNC(=O)c1ccc(N)cc1.Cl. The summed E-state index contributed by atoms with van der Waals surface area (Å²) in [6.45, 7) is 3.27. The summed E-state index contributed by atoms with van der Waals surface area (Å²) in [5.41, 5.74) is 6.82. The highest BCUT2D eigenvalue weighted by Gasteiger charge is 2.07. The van der Waals surface area contributed by atoms with Crippen molar-refractivity contribution in [1.82, 2.24) is 5.32 Å². The number of carbonyl (C=O) groups excluding carboxylic acids is 1. The van der Waals surface area contributed by atoms with Gasteiger partial charge in [-0.15, -0.1) is 12.4 Å². The molecule has 0 spiro atoms. The minimum atomic E-state index is -0.0806. The molecule has 0 radical (unpaired) electrons. The number of methoxy groups -OCH3 is 1. The van der Waals surface area contributed by atoms with Crippen molar-refractivity contribution in [1.29, 1.82) is 0 Å². The summed E-state index contributed by atoms with van der Waals surface area (Å²) in [7, 11) is 1.65. The molecule has 1 unspecified atom stereocenters. The summed E-state index contributed by atoms with van der Waals surface area (Å²) >= 11 is 0. The Labute approximate surface area is 108 Å². The van der Waals surface area contributed by atoms with Crippen LogP contribution >= 0.6 is 12.4 Å². The summed E-state index contributed by atoms with van der Waals surface area (Å²) in [5, 5.41) is 2.84. The first-order valence-corrected chi connectivity index (χ1v) is 5.26. The first-order valence-electron chi connectivity index (χ1n) is 5.26.